The molecule has 0 radical (unpaired) electrons. The molecule has 0 unspecified atom stereocenters. The number of rotatable bonds is 3. The second-order valence-corrected chi connectivity index (χ2v) is 5.27. The third kappa shape index (κ3) is 2.96. The van der Waals surface area contributed by atoms with Gasteiger partial charge in [0.2, 0.25) is 5.91 Å². The van der Waals surface area contributed by atoms with Crippen molar-refractivity contribution in [1.82, 2.24) is 0 Å². The molecule has 0 aromatic heterocycles. The minimum atomic E-state index is -0.421. The zero-order valence-electron chi connectivity index (χ0n) is 11.0. The third-order valence-corrected chi connectivity index (χ3v) is 3.33. The number of carbonyl (C=O) groups excluding carboxylic acids is 1. The lowest BCUT2D eigenvalue weighted by molar-refractivity contribution is 0.100. The maximum absolute atomic E-state index is 11.3. The van der Waals surface area contributed by atoms with Gasteiger partial charge in [-0.3, -0.25) is 4.79 Å². The number of nitrogens with two attached hydrogens (primary N) is 1. The summed E-state index contributed by atoms with van der Waals surface area (Å²) in [6, 6.07) is 13.2. The van der Waals surface area contributed by atoms with Crippen molar-refractivity contribution in [2.75, 3.05) is 0 Å². The average molecular weight is 274 g/mol. The Balaban J connectivity index is 2.60. The number of carbonyl (C=O) groups is 1. The molecule has 0 atom stereocenters. The van der Waals surface area contributed by atoms with Gasteiger partial charge in [-0.25, -0.2) is 0 Å². The van der Waals surface area contributed by atoms with Crippen LogP contribution in [-0.2, 0) is 0 Å². The molecule has 98 valence electrons. The molecule has 0 aliphatic carbocycles. The number of amides is 1. The summed E-state index contributed by atoms with van der Waals surface area (Å²) in [5.74, 6) is -0.0422. The fourth-order valence-corrected chi connectivity index (χ4v) is 2.29. The number of benzene rings is 2. The number of hydrogen-bond acceptors (Lipinski definition) is 1. The Labute approximate surface area is 118 Å². The van der Waals surface area contributed by atoms with E-state index >= 15 is 0 Å². The molecule has 2 rings (SSSR count). The standard InChI is InChI=1S/C16H16ClNO/c1-10(2)14-7-6-13(17)9-15(14)11-4-3-5-12(8-11)16(18)19/h3-10H,1-2H3,(H2,18,19). The van der Waals surface area contributed by atoms with Crippen molar-refractivity contribution in [3.8, 4) is 11.1 Å². The molecule has 0 heterocycles. The lowest BCUT2D eigenvalue weighted by Crippen LogP contribution is -2.10. The van der Waals surface area contributed by atoms with E-state index in [4.69, 9.17) is 17.3 Å². The van der Waals surface area contributed by atoms with Crippen molar-refractivity contribution in [1.29, 1.82) is 0 Å². The Morgan fingerprint density at radius 3 is 2.53 bits per heavy atom. The zero-order valence-corrected chi connectivity index (χ0v) is 11.7. The van der Waals surface area contributed by atoms with Gasteiger partial charge in [0.25, 0.3) is 0 Å². The van der Waals surface area contributed by atoms with Crippen molar-refractivity contribution in [3.63, 3.8) is 0 Å². The molecule has 0 aliphatic rings. The first-order valence-corrected chi connectivity index (χ1v) is 6.56. The normalized spacial score (nSPS) is 10.7. The Kier molecular flexibility index (Phi) is 3.91. The molecular formula is C16H16ClNO. The van der Waals surface area contributed by atoms with Gasteiger partial charge in [-0.15, -0.1) is 0 Å². The molecule has 2 aromatic rings. The van der Waals surface area contributed by atoms with E-state index in [0.29, 0.717) is 16.5 Å². The van der Waals surface area contributed by atoms with E-state index in [-0.39, 0.29) is 0 Å². The van der Waals surface area contributed by atoms with Gasteiger partial charge in [0.05, 0.1) is 0 Å². The van der Waals surface area contributed by atoms with Crippen LogP contribution in [0, 0.1) is 0 Å². The number of hydrogen-bond donors (Lipinski definition) is 1. The van der Waals surface area contributed by atoms with Crippen LogP contribution < -0.4 is 5.73 Å². The van der Waals surface area contributed by atoms with E-state index in [1.807, 2.05) is 30.3 Å². The summed E-state index contributed by atoms with van der Waals surface area (Å²) in [5.41, 5.74) is 9.04. The average Bonchev–Trinajstić information content (AvgIpc) is 2.38. The largest absolute Gasteiger partial charge is 0.366 e. The number of primary amides is 1. The summed E-state index contributed by atoms with van der Waals surface area (Å²) < 4.78 is 0. The smallest absolute Gasteiger partial charge is 0.248 e. The number of halogens is 1. The van der Waals surface area contributed by atoms with E-state index in [9.17, 15) is 4.79 Å². The van der Waals surface area contributed by atoms with Crippen LogP contribution in [0.3, 0.4) is 0 Å². The first-order chi connectivity index (χ1) is 8.99. The van der Waals surface area contributed by atoms with E-state index in [2.05, 4.69) is 13.8 Å². The van der Waals surface area contributed by atoms with E-state index in [1.165, 1.54) is 5.56 Å². The molecule has 0 saturated heterocycles. The van der Waals surface area contributed by atoms with Crippen LogP contribution in [0.2, 0.25) is 5.02 Å². The van der Waals surface area contributed by atoms with Crippen LogP contribution in [0.4, 0.5) is 0 Å². The van der Waals surface area contributed by atoms with Crippen molar-refractivity contribution in [2.45, 2.75) is 19.8 Å². The molecular weight excluding hydrogens is 258 g/mol. The highest BCUT2D eigenvalue weighted by Gasteiger charge is 2.10. The van der Waals surface area contributed by atoms with Gasteiger partial charge in [0.15, 0.2) is 0 Å². The van der Waals surface area contributed by atoms with Crippen LogP contribution in [0.5, 0.6) is 0 Å². The molecule has 0 saturated carbocycles. The molecule has 0 bridgehead atoms. The Morgan fingerprint density at radius 1 is 1.16 bits per heavy atom. The highest BCUT2D eigenvalue weighted by atomic mass is 35.5. The van der Waals surface area contributed by atoms with E-state index in [1.54, 1.807) is 12.1 Å². The summed E-state index contributed by atoms with van der Waals surface area (Å²) in [6.45, 7) is 4.26. The summed E-state index contributed by atoms with van der Waals surface area (Å²) in [5, 5.41) is 0.684. The van der Waals surface area contributed by atoms with Gasteiger partial charge in [0.1, 0.15) is 0 Å². The van der Waals surface area contributed by atoms with Gasteiger partial charge < -0.3 is 5.73 Å². The lowest BCUT2D eigenvalue weighted by Gasteiger charge is -2.14. The Morgan fingerprint density at radius 2 is 1.89 bits per heavy atom. The molecule has 19 heavy (non-hydrogen) atoms. The lowest BCUT2D eigenvalue weighted by atomic mass is 9.92. The first kappa shape index (κ1) is 13.6. The maximum atomic E-state index is 11.3. The zero-order chi connectivity index (χ0) is 14.0. The van der Waals surface area contributed by atoms with Gasteiger partial charge in [-0.2, -0.15) is 0 Å². The highest BCUT2D eigenvalue weighted by Crippen LogP contribution is 2.32. The second kappa shape index (κ2) is 5.45. The summed E-state index contributed by atoms with van der Waals surface area (Å²) >= 11 is 6.08. The molecule has 3 heteroatoms. The van der Waals surface area contributed by atoms with Crippen LogP contribution in [0.15, 0.2) is 42.5 Å². The minimum Gasteiger partial charge on any atom is -0.366 e. The van der Waals surface area contributed by atoms with Gasteiger partial charge in [-0.1, -0.05) is 43.6 Å². The predicted octanol–water partition coefficient (Wildman–Crippen LogP) is 4.23. The molecule has 0 fully saturated rings. The fraction of sp³-hybridized carbons (Fsp3) is 0.188. The van der Waals surface area contributed by atoms with E-state index < -0.39 is 5.91 Å². The quantitative estimate of drug-likeness (QED) is 0.893. The van der Waals surface area contributed by atoms with Gasteiger partial charge in [0, 0.05) is 10.6 Å². The van der Waals surface area contributed by atoms with Crippen molar-refractivity contribution in [3.05, 3.63) is 58.6 Å². The van der Waals surface area contributed by atoms with Crippen molar-refractivity contribution < 1.29 is 4.79 Å². The monoisotopic (exact) mass is 273 g/mol. The van der Waals surface area contributed by atoms with Crippen molar-refractivity contribution in [2.24, 2.45) is 5.73 Å². The van der Waals surface area contributed by atoms with E-state index in [0.717, 1.165) is 11.1 Å². The van der Waals surface area contributed by atoms with Crippen LogP contribution in [0.1, 0.15) is 35.7 Å². The predicted molar refractivity (Wildman–Crippen MR) is 79.5 cm³/mol. The van der Waals surface area contributed by atoms with Crippen LogP contribution >= 0.6 is 11.6 Å². The topological polar surface area (TPSA) is 43.1 Å². The molecule has 2 nitrogen and oxygen atoms in total. The molecule has 2 aromatic carbocycles. The maximum Gasteiger partial charge on any atom is 0.248 e. The second-order valence-electron chi connectivity index (χ2n) is 4.83. The Hall–Kier alpha value is -1.80. The van der Waals surface area contributed by atoms with Crippen molar-refractivity contribution >= 4 is 17.5 Å². The summed E-state index contributed by atoms with van der Waals surface area (Å²) in [4.78, 5) is 11.3. The Bertz CT molecular complexity index is 620. The SMILES string of the molecule is CC(C)c1ccc(Cl)cc1-c1cccc(C(N)=O)c1. The van der Waals surface area contributed by atoms with Crippen LogP contribution in [-0.4, -0.2) is 5.91 Å². The molecule has 2 N–H and O–H groups in total. The summed E-state index contributed by atoms with van der Waals surface area (Å²) in [7, 11) is 0. The van der Waals surface area contributed by atoms with Crippen LogP contribution in [0.25, 0.3) is 11.1 Å². The third-order valence-electron chi connectivity index (χ3n) is 3.10. The molecule has 0 aliphatic heterocycles. The summed E-state index contributed by atoms with van der Waals surface area (Å²) in [6.07, 6.45) is 0. The molecule has 1 amide bonds. The first-order valence-electron chi connectivity index (χ1n) is 6.18. The fourth-order valence-electron chi connectivity index (χ4n) is 2.12. The highest BCUT2D eigenvalue weighted by molar-refractivity contribution is 6.30. The van der Waals surface area contributed by atoms with Gasteiger partial charge in [-0.05, 0) is 46.9 Å². The molecule has 0 spiro atoms. The van der Waals surface area contributed by atoms with Gasteiger partial charge >= 0.3 is 0 Å². The minimum absolute atomic E-state index is 0.379.